The minimum absolute atomic E-state index is 0.0187. The first kappa shape index (κ1) is 17.7. The zero-order valence-electron chi connectivity index (χ0n) is 15.2. The fourth-order valence-corrected chi connectivity index (χ4v) is 3.63. The Labute approximate surface area is 141 Å². The fraction of sp³-hybridized carbons (Fsp3) is 0.500. The molecular weight excluding hydrogens is 280 g/mol. The predicted molar refractivity (Wildman–Crippen MR) is 98.4 cm³/mol. The molecule has 0 amide bonds. The molecule has 23 heavy (non-hydrogen) atoms. The van der Waals surface area contributed by atoms with Crippen molar-refractivity contribution in [2.24, 2.45) is 17.3 Å². The fourth-order valence-electron chi connectivity index (χ4n) is 3.63. The molecule has 2 rings (SSSR count). The van der Waals surface area contributed by atoms with Gasteiger partial charge in [-0.15, -0.1) is 0 Å². The first-order valence-corrected chi connectivity index (χ1v) is 8.90. The third-order valence-electron chi connectivity index (χ3n) is 5.36. The summed E-state index contributed by atoms with van der Waals surface area (Å²) in [6.45, 7) is 10.9. The first-order valence-electron chi connectivity index (χ1n) is 8.90. The van der Waals surface area contributed by atoms with Crippen LogP contribution in [-0.2, 0) is 4.79 Å². The molecule has 0 radical (unpaired) electrons. The summed E-state index contributed by atoms with van der Waals surface area (Å²) < 4.78 is 0. The Morgan fingerprint density at radius 1 is 1.13 bits per heavy atom. The lowest BCUT2D eigenvalue weighted by Crippen LogP contribution is -2.39. The lowest BCUT2D eigenvalue weighted by Gasteiger charge is -2.39. The van der Waals surface area contributed by atoms with E-state index in [1.54, 1.807) is 0 Å². The highest BCUT2D eigenvalue weighted by Crippen LogP contribution is 2.45. The molecule has 0 saturated carbocycles. The van der Waals surface area contributed by atoms with Crippen molar-refractivity contribution in [1.82, 2.24) is 0 Å². The molecule has 0 saturated heterocycles. The van der Waals surface area contributed by atoms with E-state index in [9.17, 15) is 4.79 Å². The van der Waals surface area contributed by atoms with Crippen LogP contribution < -0.4 is 0 Å². The van der Waals surface area contributed by atoms with Crippen LogP contribution in [0.5, 0.6) is 0 Å². The number of carbonyl (C=O) groups is 1. The highest BCUT2D eigenvalue weighted by Gasteiger charge is 2.43. The lowest BCUT2D eigenvalue weighted by atomic mass is 9.62. The lowest BCUT2D eigenvalue weighted by molar-refractivity contribution is -0.130. The molecule has 0 bridgehead atoms. The van der Waals surface area contributed by atoms with Crippen molar-refractivity contribution in [2.45, 2.75) is 53.4 Å². The third-order valence-corrected chi connectivity index (χ3v) is 5.36. The molecule has 1 aromatic rings. The molecule has 0 aliphatic heterocycles. The van der Waals surface area contributed by atoms with Crippen LogP contribution in [0.3, 0.4) is 0 Å². The van der Waals surface area contributed by atoms with E-state index in [4.69, 9.17) is 0 Å². The van der Waals surface area contributed by atoms with E-state index in [2.05, 4.69) is 65.0 Å². The van der Waals surface area contributed by atoms with Crippen LogP contribution in [0.15, 0.2) is 54.1 Å². The highest BCUT2D eigenvalue weighted by molar-refractivity contribution is 5.93. The van der Waals surface area contributed by atoms with Gasteiger partial charge >= 0.3 is 0 Å². The van der Waals surface area contributed by atoms with Crippen molar-refractivity contribution < 1.29 is 4.79 Å². The third kappa shape index (κ3) is 3.49. The van der Waals surface area contributed by atoms with Crippen molar-refractivity contribution in [2.75, 3.05) is 0 Å². The number of hydrogen-bond acceptors (Lipinski definition) is 1. The second-order valence-corrected chi connectivity index (χ2v) is 7.36. The maximum Gasteiger partial charge on any atom is 0.150 e. The zero-order valence-corrected chi connectivity index (χ0v) is 15.2. The molecule has 0 fully saturated rings. The van der Waals surface area contributed by atoms with Gasteiger partial charge in [-0.3, -0.25) is 4.79 Å². The SMILES string of the molecule is CCC(C(=O)C1(C(C)C)C=CC=C(C(C)C)C1)c1ccccc1. The van der Waals surface area contributed by atoms with Crippen molar-refractivity contribution in [1.29, 1.82) is 0 Å². The average molecular weight is 310 g/mol. The summed E-state index contributed by atoms with van der Waals surface area (Å²) >= 11 is 0. The minimum Gasteiger partial charge on any atom is -0.298 e. The van der Waals surface area contributed by atoms with Gasteiger partial charge in [0.1, 0.15) is 0 Å². The second kappa shape index (κ2) is 7.29. The summed E-state index contributed by atoms with van der Waals surface area (Å²) in [6, 6.07) is 10.3. The van der Waals surface area contributed by atoms with Crippen LogP contribution in [-0.4, -0.2) is 5.78 Å². The minimum atomic E-state index is -0.370. The van der Waals surface area contributed by atoms with Crippen molar-refractivity contribution in [3.63, 3.8) is 0 Å². The molecule has 124 valence electrons. The Kier molecular flexibility index (Phi) is 5.62. The van der Waals surface area contributed by atoms with Crippen LogP contribution in [0.4, 0.5) is 0 Å². The Bertz CT molecular complexity index is 592. The van der Waals surface area contributed by atoms with Crippen molar-refractivity contribution in [3.05, 3.63) is 59.7 Å². The molecule has 1 aliphatic rings. The number of rotatable bonds is 6. The molecule has 1 aliphatic carbocycles. The number of benzene rings is 1. The zero-order chi connectivity index (χ0) is 17.0. The summed E-state index contributed by atoms with van der Waals surface area (Å²) in [5.41, 5.74) is 2.16. The van der Waals surface area contributed by atoms with Crippen molar-refractivity contribution in [3.8, 4) is 0 Å². The highest BCUT2D eigenvalue weighted by atomic mass is 16.1. The van der Waals surface area contributed by atoms with Gasteiger partial charge in [0.05, 0.1) is 5.41 Å². The monoisotopic (exact) mass is 310 g/mol. The Morgan fingerprint density at radius 2 is 1.78 bits per heavy atom. The molecule has 0 aromatic heterocycles. The van der Waals surface area contributed by atoms with Gasteiger partial charge in [0, 0.05) is 5.92 Å². The number of Topliss-reactive ketones (excluding diaryl/α,β-unsaturated/α-hetero) is 1. The predicted octanol–water partition coefficient (Wildman–Crippen LogP) is 5.93. The molecule has 0 heterocycles. The molecule has 0 N–H and O–H groups in total. The van der Waals surface area contributed by atoms with Crippen LogP contribution in [0.1, 0.15) is 58.9 Å². The standard InChI is InChI=1S/C22H30O/c1-6-20(18-11-8-7-9-12-18)21(23)22(17(4)5)14-10-13-19(15-22)16(2)3/h7-14,16-17,20H,6,15H2,1-5H3. The summed E-state index contributed by atoms with van der Waals surface area (Å²) in [7, 11) is 0. The first-order chi connectivity index (χ1) is 10.9. The molecular formula is C22H30O. The Morgan fingerprint density at radius 3 is 2.30 bits per heavy atom. The summed E-state index contributed by atoms with van der Waals surface area (Å²) in [6.07, 6.45) is 8.18. The van der Waals surface area contributed by atoms with E-state index in [1.165, 1.54) is 5.57 Å². The maximum absolute atomic E-state index is 13.6. The van der Waals surface area contributed by atoms with E-state index in [1.807, 2.05) is 18.2 Å². The van der Waals surface area contributed by atoms with E-state index in [0.717, 1.165) is 18.4 Å². The average Bonchev–Trinajstić information content (AvgIpc) is 2.56. The van der Waals surface area contributed by atoms with E-state index < -0.39 is 0 Å². The topological polar surface area (TPSA) is 17.1 Å². The van der Waals surface area contributed by atoms with Crippen LogP contribution in [0.2, 0.25) is 0 Å². The summed E-state index contributed by atoms with van der Waals surface area (Å²) in [4.78, 5) is 13.6. The maximum atomic E-state index is 13.6. The van der Waals surface area contributed by atoms with Gasteiger partial charge in [0.15, 0.2) is 5.78 Å². The second-order valence-electron chi connectivity index (χ2n) is 7.36. The van der Waals surface area contributed by atoms with Gasteiger partial charge in [-0.05, 0) is 30.2 Å². The van der Waals surface area contributed by atoms with E-state index in [0.29, 0.717) is 17.6 Å². The molecule has 2 unspecified atom stereocenters. The number of ketones is 1. The normalized spacial score (nSPS) is 22.3. The van der Waals surface area contributed by atoms with Crippen LogP contribution >= 0.6 is 0 Å². The number of hydrogen-bond donors (Lipinski definition) is 0. The van der Waals surface area contributed by atoms with Gasteiger partial charge in [0.2, 0.25) is 0 Å². The van der Waals surface area contributed by atoms with Gasteiger partial charge in [-0.1, -0.05) is 88.8 Å². The number of carbonyl (C=O) groups excluding carboxylic acids is 1. The van der Waals surface area contributed by atoms with E-state index in [-0.39, 0.29) is 11.3 Å². The largest absolute Gasteiger partial charge is 0.298 e. The van der Waals surface area contributed by atoms with Gasteiger partial charge in [-0.2, -0.15) is 0 Å². The summed E-state index contributed by atoms with van der Waals surface area (Å²) in [5, 5.41) is 0. The van der Waals surface area contributed by atoms with Crippen molar-refractivity contribution >= 4 is 5.78 Å². The number of allylic oxidation sites excluding steroid dienone is 4. The van der Waals surface area contributed by atoms with Crippen LogP contribution in [0, 0.1) is 17.3 Å². The Hall–Kier alpha value is -1.63. The molecule has 2 atom stereocenters. The Balaban J connectivity index is 2.40. The summed E-state index contributed by atoms with van der Waals surface area (Å²) in [5.74, 6) is 1.15. The molecule has 1 heteroatoms. The molecule has 1 aromatic carbocycles. The van der Waals surface area contributed by atoms with E-state index >= 15 is 0 Å². The molecule has 1 nitrogen and oxygen atoms in total. The van der Waals surface area contributed by atoms with Gasteiger partial charge < -0.3 is 0 Å². The quantitative estimate of drug-likeness (QED) is 0.636. The molecule has 0 spiro atoms. The smallest absolute Gasteiger partial charge is 0.150 e. The van der Waals surface area contributed by atoms with Crippen LogP contribution in [0.25, 0.3) is 0 Å². The van der Waals surface area contributed by atoms with Gasteiger partial charge in [0.25, 0.3) is 0 Å². The van der Waals surface area contributed by atoms with Gasteiger partial charge in [-0.25, -0.2) is 0 Å².